The molecule has 4 heterocycles. The number of halogens is 5. The minimum Gasteiger partial charge on any atom is -0.376 e. The van der Waals surface area contributed by atoms with Gasteiger partial charge in [0.15, 0.2) is 0 Å². The van der Waals surface area contributed by atoms with Crippen LogP contribution >= 0.6 is 0 Å². The van der Waals surface area contributed by atoms with Crippen molar-refractivity contribution in [2.24, 2.45) is 14.1 Å². The molecule has 0 spiro atoms. The standard InChI is InChI=1S/C19H17F5N6O2/c1-29-13(6-12(28-29)16(20)21)17(31)26-18(8-32-9-18)15-7-11(27-30(15)2)10-3-4-25-14(5-10)19(22,23)24/h3-7,16H,8-9H2,1-2H3,(H,26,31). The van der Waals surface area contributed by atoms with E-state index < -0.39 is 35.4 Å². The third kappa shape index (κ3) is 3.83. The van der Waals surface area contributed by atoms with Gasteiger partial charge in [0.25, 0.3) is 12.3 Å². The summed E-state index contributed by atoms with van der Waals surface area (Å²) >= 11 is 0. The molecule has 32 heavy (non-hydrogen) atoms. The Morgan fingerprint density at radius 1 is 1.16 bits per heavy atom. The van der Waals surface area contributed by atoms with Gasteiger partial charge >= 0.3 is 6.18 Å². The number of rotatable bonds is 5. The average Bonchev–Trinajstić information content (AvgIpc) is 3.27. The fraction of sp³-hybridized carbons (Fsp3) is 0.368. The maximum atomic E-state index is 13.0. The first kappa shape index (κ1) is 21.9. The van der Waals surface area contributed by atoms with Crippen LogP contribution in [-0.2, 0) is 30.5 Å². The van der Waals surface area contributed by atoms with Crippen molar-refractivity contribution in [1.82, 2.24) is 29.9 Å². The smallest absolute Gasteiger partial charge is 0.376 e. The number of hydrogen-bond acceptors (Lipinski definition) is 5. The van der Waals surface area contributed by atoms with Gasteiger partial charge in [-0.05, 0) is 24.3 Å². The van der Waals surface area contributed by atoms with E-state index in [0.717, 1.165) is 23.0 Å². The van der Waals surface area contributed by atoms with Gasteiger partial charge in [-0.1, -0.05) is 0 Å². The molecule has 1 N–H and O–H groups in total. The second-order valence-corrected chi connectivity index (χ2v) is 7.37. The van der Waals surface area contributed by atoms with Crippen molar-refractivity contribution < 1.29 is 31.5 Å². The highest BCUT2D eigenvalue weighted by Crippen LogP contribution is 2.34. The zero-order valence-corrected chi connectivity index (χ0v) is 16.8. The molecular formula is C19H17F5N6O2. The number of hydrogen-bond donors (Lipinski definition) is 1. The molecule has 1 saturated heterocycles. The van der Waals surface area contributed by atoms with Crippen LogP contribution in [0.15, 0.2) is 30.5 Å². The summed E-state index contributed by atoms with van der Waals surface area (Å²) < 4.78 is 72.6. The fourth-order valence-electron chi connectivity index (χ4n) is 3.48. The van der Waals surface area contributed by atoms with Gasteiger partial charge in [-0.15, -0.1) is 0 Å². The molecule has 0 saturated carbocycles. The summed E-state index contributed by atoms with van der Waals surface area (Å²) in [4.78, 5) is 16.1. The molecule has 0 aromatic carbocycles. The normalized spacial score (nSPS) is 15.6. The second-order valence-electron chi connectivity index (χ2n) is 7.37. The van der Waals surface area contributed by atoms with Gasteiger partial charge in [-0.3, -0.25) is 19.1 Å². The number of carbonyl (C=O) groups is 1. The molecule has 13 heteroatoms. The Balaban J connectivity index is 1.64. The SMILES string of the molecule is Cn1nc(C(F)F)cc1C(=O)NC1(c2cc(-c3ccnc(C(F)(F)F)c3)nn2C)COC1. The van der Waals surface area contributed by atoms with E-state index >= 15 is 0 Å². The van der Waals surface area contributed by atoms with Crippen molar-refractivity contribution >= 4 is 5.91 Å². The zero-order valence-electron chi connectivity index (χ0n) is 16.8. The molecule has 1 aliphatic rings. The van der Waals surface area contributed by atoms with Crippen LogP contribution in [-0.4, -0.2) is 43.7 Å². The first-order valence-corrected chi connectivity index (χ1v) is 9.31. The Bertz CT molecular complexity index is 1170. The number of aromatic nitrogens is 5. The van der Waals surface area contributed by atoms with Gasteiger partial charge < -0.3 is 10.1 Å². The summed E-state index contributed by atoms with van der Waals surface area (Å²) in [5.41, 5.74) is -1.76. The van der Waals surface area contributed by atoms with Crippen molar-refractivity contribution in [2.45, 2.75) is 18.1 Å². The van der Waals surface area contributed by atoms with Crippen LogP contribution in [0.1, 0.15) is 34.0 Å². The predicted octanol–water partition coefficient (Wildman–Crippen LogP) is 2.83. The lowest BCUT2D eigenvalue weighted by Crippen LogP contribution is -2.60. The zero-order chi connectivity index (χ0) is 23.3. The van der Waals surface area contributed by atoms with Gasteiger partial charge in [0, 0.05) is 25.9 Å². The molecule has 3 aromatic rings. The Hall–Kier alpha value is -3.35. The van der Waals surface area contributed by atoms with E-state index in [1.165, 1.54) is 17.8 Å². The molecule has 0 atom stereocenters. The number of alkyl halides is 5. The van der Waals surface area contributed by atoms with Crippen LogP contribution in [0.5, 0.6) is 0 Å². The van der Waals surface area contributed by atoms with E-state index in [2.05, 4.69) is 20.5 Å². The highest BCUT2D eigenvalue weighted by molar-refractivity contribution is 5.93. The summed E-state index contributed by atoms with van der Waals surface area (Å²) in [7, 11) is 2.95. The minimum absolute atomic E-state index is 0.0708. The van der Waals surface area contributed by atoms with Gasteiger partial charge in [0.05, 0.1) is 24.6 Å². The number of aryl methyl sites for hydroxylation is 2. The maximum absolute atomic E-state index is 13.0. The highest BCUT2D eigenvalue weighted by Gasteiger charge is 2.45. The number of nitrogens with zero attached hydrogens (tertiary/aromatic N) is 5. The number of ether oxygens (including phenoxy) is 1. The third-order valence-electron chi connectivity index (χ3n) is 5.12. The lowest BCUT2D eigenvalue weighted by Gasteiger charge is -2.41. The molecule has 0 aliphatic carbocycles. The molecule has 1 amide bonds. The van der Waals surface area contributed by atoms with Crippen LogP contribution in [0.4, 0.5) is 22.0 Å². The predicted molar refractivity (Wildman–Crippen MR) is 99.6 cm³/mol. The Kier molecular flexibility index (Phi) is 5.23. The summed E-state index contributed by atoms with van der Waals surface area (Å²) in [5.74, 6) is -0.652. The molecule has 0 unspecified atom stereocenters. The summed E-state index contributed by atoms with van der Waals surface area (Å²) in [6.07, 6.45) is -6.39. The van der Waals surface area contributed by atoms with Crippen LogP contribution in [0.3, 0.4) is 0 Å². The van der Waals surface area contributed by atoms with E-state index in [1.807, 2.05) is 0 Å². The minimum atomic E-state index is -4.61. The van der Waals surface area contributed by atoms with Crippen molar-refractivity contribution in [1.29, 1.82) is 0 Å². The fourth-order valence-corrected chi connectivity index (χ4v) is 3.48. The van der Waals surface area contributed by atoms with Gasteiger partial charge in [0.1, 0.15) is 22.6 Å². The van der Waals surface area contributed by atoms with E-state index in [9.17, 15) is 26.7 Å². The summed E-state index contributed by atoms with van der Waals surface area (Å²) in [6.45, 7) is 0.142. The molecule has 1 aliphatic heterocycles. The first-order chi connectivity index (χ1) is 15.0. The second kappa shape index (κ2) is 7.65. The number of amides is 1. The third-order valence-corrected chi connectivity index (χ3v) is 5.12. The number of pyridine rings is 1. The number of nitrogens with one attached hydrogen (secondary N) is 1. The summed E-state index contributed by atoms with van der Waals surface area (Å²) in [5, 5.41) is 10.7. The summed E-state index contributed by atoms with van der Waals surface area (Å²) in [6, 6.07) is 4.82. The average molecular weight is 456 g/mol. The Morgan fingerprint density at radius 3 is 2.44 bits per heavy atom. The molecule has 0 radical (unpaired) electrons. The first-order valence-electron chi connectivity index (χ1n) is 9.31. The highest BCUT2D eigenvalue weighted by atomic mass is 19.4. The monoisotopic (exact) mass is 456 g/mol. The van der Waals surface area contributed by atoms with Gasteiger partial charge in [-0.25, -0.2) is 8.78 Å². The lowest BCUT2D eigenvalue weighted by molar-refractivity contribution is -0.141. The van der Waals surface area contributed by atoms with Crippen molar-refractivity contribution in [3.63, 3.8) is 0 Å². The molecular weight excluding hydrogens is 439 g/mol. The number of carbonyl (C=O) groups excluding carboxylic acids is 1. The molecule has 4 rings (SSSR count). The van der Waals surface area contributed by atoms with Gasteiger partial charge in [-0.2, -0.15) is 23.4 Å². The van der Waals surface area contributed by atoms with Gasteiger partial charge in [0.2, 0.25) is 0 Å². The van der Waals surface area contributed by atoms with Crippen LogP contribution in [0.2, 0.25) is 0 Å². The molecule has 1 fully saturated rings. The van der Waals surface area contributed by atoms with Crippen LogP contribution in [0.25, 0.3) is 11.3 Å². The Morgan fingerprint density at radius 2 is 1.88 bits per heavy atom. The van der Waals surface area contributed by atoms with E-state index in [0.29, 0.717) is 5.69 Å². The Labute approximate surface area is 178 Å². The maximum Gasteiger partial charge on any atom is 0.433 e. The van der Waals surface area contributed by atoms with Crippen LogP contribution < -0.4 is 5.32 Å². The molecule has 3 aromatic heterocycles. The molecule has 0 bridgehead atoms. The lowest BCUT2D eigenvalue weighted by atomic mass is 9.91. The van der Waals surface area contributed by atoms with Crippen molar-refractivity contribution in [3.8, 4) is 11.3 Å². The van der Waals surface area contributed by atoms with Crippen molar-refractivity contribution in [3.05, 3.63) is 53.2 Å². The molecule has 8 nitrogen and oxygen atoms in total. The van der Waals surface area contributed by atoms with E-state index in [1.54, 1.807) is 13.1 Å². The van der Waals surface area contributed by atoms with Crippen LogP contribution in [0, 0.1) is 0 Å². The van der Waals surface area contributed by atoms with Crippen molar-refractivity contribution in [2.75, 3.05) is 13.2 Å². The largest absolute Gasteiger partial charge is 0.433 e. The quantitative estimate of drug-likeness (QED) is 0.597. The molecule has 170 valence electrons. The topological polar surface area (TPSA) is 86.9 Å². The van der Waals surface area contributed by atoms with E-state index in [4.69, 9.17) is 4.74 Å². The van der Waals surface area contributed by atoms with E-state index in [-0.39, 0.29) is 30.2 Å².